The van der Waals surface area contributed by atoms with Gasteiger partial charge < -0.3 is 19.3 Å². The molecule has 0 amide bonds. The quantitative estimate of drug-likeness (QED) is 0.237. The van der Waals surface area contributed by atoms with Crippen molar-refractivity contribution >= 4 is 13.8 Å². The van der Waals surface area contributed by atoms with E-state index in [9.17, 15) is 9.90 Å². The van der Waals surface area contributed by atoms with Gasteiger partial charge in [0.1, 0.15) is 26.3 Å². The van der Waals surface area contributed by atoms with Crippen LogP contribution in [0.2, 0.25) is 0 Å². The Balaban J connectivity index is 2.09. The van der Waals surface area contributed by atoms with Gasteiger partial charge in [-0.15, -0.1) is 0 Å². The number of carbonyl (C=O) groups excluding carboxylic acids is 1. The van der Waals surface area contributed by atoms with Crippen LogP contribution in [0, 0.1) is 0 Å². The molecule has 1 N–H and O–H groups in total. The number of ether oxygens (including phenoxy) is 3. The van der Waals surface area contributed by atoms with Gasteiger partial charge in [0.2, 0.25) is 0 Å². The van der Waals surface area contributed by atoms with E-state index in [1.165, 1.54) is 0 Å². The molecule has 0 fully saturated rings. The zero-order valence-corrected chi connectivity index (χ0v) is 10.9. The monoisotopic (exact) mass is 264 g/mol. The van der Waals surface area contributed by atoms with Gasteiger partial charge in [-0.05, 0) is 17.6 Å². The van der Waals surface area contributed by atoms with E-state index < -0.39 is 12.1 Å². The van der Waals surface area contributed by atoms with Crippen LogP contribution in [0.5, 0.6) is 5.75 Å². The van der Waals surface area contributed by atoms with Crippen molar-refractivity contribution in [2.45, 2.75) is 6.10 Å². The highest BCUT2D eigenvalue weighted by molar-refractivity contribution is 6.34. The van der Waals surface area contributed by atoms with Crippen molar-refractivity contribution < 1.29 is 24.1 Å². The number of carbonyl (C=O) groups is 1. The molecule has 1 aromatic rings. The van der Waals surface area contributed by atoms with Crippen LogP contribution in [0.15, 0.2) is 42.4 Å². The van der Waals surface area contributed by atoms with Crippen molar-refractivity contribution in [3.63, 3.8) is 0 Å². The van der Waals surface area contributed by atoms with E-state index in [1.54, 1.807) is 20.0 Å². The number of hydrogen-bond acceptors (Lipinski definition) is 5. The molecule has 0 saturated carbocycles. The highest BCUT2D eigenvalue weighted by Crippen LogP contribution is 2.07. The van der Waals surface area contributed by atoms with Gasteiger partial charge in [-0.2, -0.15) is 0 Å². The van der Waals surface area contributed by atoms with E-state index in [-0.39, 0.29) is 20.0 Å². The number of para-hydroxylation sites is 1. The molecule has 1 aromatic carbocycles. The van der Waals surface area contributed by atoms with Crippen LogP contribution in [-0.4, -0.2) is 45.0 Å². The zero-order valence-electron chi connectivity index (χ0n) is 10.9. The number of benzene rings is 1. The molecule has 19 heavy (non-hydrogen) atoms. The summed E-state index contributed by atoms with van der Waals surface area (Å²) in [5.41, 5.74) is 0.292. The maximum atomic E-state index is 11.1. The second-order valence-corrected chi connectivity index (χ2v) is 3.98. The third kappa shape index (κ3) is 6.64. The Morgan fingerprint density at radius 3 is 2.63 bits per heavy atom. The maximum absolute atomic E-state index is 11.1. The smallest absolute Gasteiger partial charge is 0.323 e. The Hall–Kier alpha value is -1.79. The number of rotatable bonds is 8. The molecular weight excluding hydrogens is 247 g/mol. The van der Waals surface area contributed by atoms with Crippen LogP contribution < -0.4 is 4.74 Å². The van der Waals surface area contributed by atoms with Crippen molar-refractivity contribution in [3.8, 4) is 5.75 Å². The summed E-state index contributed by atoms with van der Waals surface area (Å²) < 4.78 is 15.1. The van der Waals surface area contributed by atoms with E-state index in [2.05, 4.69) is 6.58 Å². The van der Waals surface area contributed by atoms with Crippen LogP contribution in [0.25, 0.3) is 0 Å². The summed E-state index contributed by atoms with van der Waals surface area (Å²) in [5.74, 6) is 0.158. The average Bonchev–Trinajstić information content (AvgIpc) is 2.42. The van der Waals surface area contributed by atoms with E-state index in [1.807, 2.05) is 18.2 Å². The Labute approximate surface area is 113 Å². The summed E-state index contributed by atoms with van der Waals surface area (Å²) in [6.45, 7) is 3.35. The van der Waals surface area contributed by atoms with Gasteiger partial charge in [0, 0.05) is 0 Å². The molecule has 0 aliphatic heterocycles. The van der Waals surface area contributed by atoms with Crippen molar-refractivity contribution in [1.29, 1.82) is 0 Å². The molecule has 0 radical (unpaired) electrons. The van der Waals surface area contributed by atoms with Crippen molar-refractivity contribution in [1.82, 2.24) is 0 Å². The lowest BCUT2D eigenvalue weighted by Gasteiger charge is -2.12. The van der Waals surface area contributed by atoms with Crippen molar-refractivity contribution in [3.05, 3.63) is 42.4 Å². The van der Waals surface area contributed by atoms with Crippen LogP contribution in [0.4, 0.5) is 0 Å². The molecule has 6 heteroatoms. The number of aliphatic hydroxyl groups excluding tert-OH is 1. The lowest BCUT2D eigenvalue weighted by molar-refractivity contribution is -0.143. The first-order valence-electron chi connectivity index (χ1n) is 5.86. The molecule has 0 aromatic heterocycles. The van der Waals surface area contributed by atoms with Gasteiger partial charge in [-0.25, -0.2) is 4.79 Å². The Kier molecular flexibility index (Phi) is 6.70. The standard InChI is InChI=1S/C13H17BO5/c1-10(14)13(16)18-8-11(15)7-17-9-19-12-5-3-2-4-6-12/h2-6,11,15H,1,7-9,14H2. The van der Waals surface area contributed by atoms with E-state index >= 15 is 0 Å². The van der Waals surface area contributed by atoms with Crippen LogP contribution in [-0.2, 0) is 14.3 Å². The molecular formula is C13H17BO5. The maximum Gasteiger partial charge on any atom is 0.323 e. The van der Waals surface area contributed by atoms with Gasteiger partial charge >= 0.3 is 5.97 Å². The topological polar surface area (TPSA) is 65.0 Å². The molecule has 5 nitrogen and oxygen atoms in total. The van der Waals surface area contributed by atoms with Crippen LogP contribution in [0.3, 0.4) is 0 Å². The minimum Gasteiger partial charge on any atom is -0.468 e. The van der Waals surface area contributed by atoms with Crippen molar-refractivity contribution in [2.75, 3.05) is 20.0 Å². The molecule has 0 heterocycles. The van der Waals surface area contributed by atoms with Crippen LogP contribution >= 0.6 is 0 Å². The van der Waals surface area contributed by atoms with Gasteiger partial charge in [-0.3, -0.25) is 0 Å². The van der Waals surface area contributed by atoms with Crippen molar-refractivity contribution in [2.24, 2.45) is 0 Å². The molecule has 0 aliphatic rings. The third-order valence-electron chi connectivity index (χ3n) is 2.12. The fourth-order valence-electron chi connectivity index (χ4n) is 1.15. The minimum absolute atomic E-state index is 0.0233. The predicted molar refractivity (Wildman–Crippen MR) is 72.5 cm³/mol. The molecule has 0 saturated heterocycles. The molecule has 0 aliphatic carbocycles. The number of hydrogen-bond donors (Lipinski definition) is 1. The fraction of sp³-hybridized carbons (Fsp3) is 0.308. The summed E-state index contributed by atoms with van der Waals surface area (Å²) in [6, 6.07) is 9.18. The SMILES string of the molecule is BC(=C)C(=O)OCC(O)COCOc1ccccc1. The Morgan fingerprint density at radius 2 is 2.00 bits per heavy atom. The first-order chi connectivity index (χ1) is 9.09. The molecule has 1 rings (SSSR count). The Morgan fingerprint density at radius 1 is 1.32 bits per heavy atom. The molecule has 1 atom stereocenters. The van der Waals surface area contributed by atoms with E-state index in [0.29, 0.717) is 11.2 Å². The minimum atomic E-state index is -0.886. The van der Waals surface area contributed by atoms with Gasteiger partial charge in [0.15, 0.2) is 6.79 Å². The summed E-state index contributed by atoms with van der Waals surface area (Å²) in [4.78, 5) is 11.1. The van der Waals surface area contributed by atoms with E-state index in [0.717, 1.165) is 0 Å². The summed E-state index contributed by atoms with van der Waals surface area (Å²) in [6.07, 6.45) is -0.886. The summed E-state index contributed by atoms with van der Waals surface area (Å²) >= 11 is 0. The number of aliphatic hydroxyl groups is 1. The number of esters is 1. The largest absolute Gasteiger partial charge is 0.468 e. The predicted octanol–water partition coefficient (Wildman–Crippen LogP) is 0.0904. The highest BCUT2D eigenvalue weighted by Gasteiger charge is 2.09. The average molecular weight is 264 g/mol. The Bertz CT molecular complexity index is 407. The summed E-state index contributed by atoms with van der Waals surface area (Å²) in [7, 11) is 1.54. The fourth-order valence-corrected chi connectivity index (χ4v) is 1.15. The highest BCUT2D eigenvalue weighted by atomic mass is 16.7. The van der Waals surface area contributed by atoms with Gasteiger partial charge in [-0.1, -0.05) is 24.8 Å². The normalized spacial score (nSPS) is 11.6. The molecule has 0 spiro atoms. The van der Waals surface area contributed by atoms with Gasteiger partial charge in [0.05, 0.1) is 6.61 Å². The molecule has 102 valence electrons. The first-order valence-corrected chi connectivity index (χ1v) is 5.86. The zero-order chi connectivity index (χ0) is 14.1. The molecule has 1 unspecified atom stereocenters. The van der Waals surface area contributed by atoms with E-state index in [4.69, 9.17) is 14.2 Å². The van der Waals surface area contributed by atoms with Crippen LogP contribution in [0.1, 0.15) is 0 Å². The lowest BCUT2D eigenvalue weighted by Crippen LogP contribution is -2.25. The second-order valence-electron chi connectivity index (χ2n) is 3.98. The van der Waals surface area contributed by atoms with Gasteiger partial charge in [0.25, 0.3) is 0 Å². The summed E-state index contributed by atoms with van der Waals surface area (Å²) in [5, 5.41) is 9.49. The molecule has 0 bridgehead atoms. The third-order valence-corrected chi connectivity index (χ3v) is 2.12. The first kappa shape index (κ1) is 15.3. The lowest BCUT2D eigenvalue weighted by atomic mass is 9.99. The second kappa shape index (κ2) is 8.34.